The summed E-state index contributed by atoms with van der Waals surface area (Å²) in [4.78, 5) is 26.6. The van der Waals surface area contributed by atoms with Crippen LogP contribution in [0.3, 0.4) is 0 Å². The normalized spacial score (nSPS) is 11.1. The SMILES string of the molecule is CB1OB(C)OB(C)O1.Cc1ncccc1[N+](=O)[O-].O=[N+]([O-])c1cccnc1Cl.[Pd].c1ccc(P(c2ccccc2)c2ccccc2)cc1.c1ccc(P(c2ccccc2)c2ccccc2)cc1.c1ccc(P(c2ccccc2)c2ccccc2)cc1.c1ccc(P(c2ccccc2)c2ccccc2)cc1. The zero-order valence-corrected chi connectivity index (χ0v) is 64.9. The van der Waals surface area contributed by atoms with Crippen LogP contribution in [0.4, 0.5) is 11.4 Å². The summed E-state index contributed by atoms with van der Waals surface area (Å²) in [6.45, 7) is 7.18. The molecule has 0 spiro atoms. The van der Waals surface area contributed by atoms with E-state index in [0.29, 0.717) is 5.69 Å². The molecule has 0 N–H and O–H groups in total. The van der Waals surface area contributed by atoms with Gasteiger partial charge in [0.25, 0.3) is 5.69 Å². The maximum Gasteiger partial charge on any atom is 0.426 e. The quantitative estimate of drug-likeness (QED) is 0.0342. The Bertz CT molecular complexity index is 3830. The topological polar surface area (TPSA) is 140 Å². The van der Waals surface area contributed by atoms with Crippen molar-refractivity contribution >= 4 is 140 Å². The summed E-state index contributed by atoms with van der Waals surface area (Å²) >= 11 is 5.37. The molecule has 0 atom stereocenters. The molecule has 3 heterocycles. The second-order valence-electron chi connectivity index (χ2n) is 22.9. The first-order valence-electron chi connectivity index (χ1n) is 34.0. The summed E-state index contributed by atoms with van der Waals surface area (Å²) in [7, 11) is -2.19. The van der Waals surface area contributed by atoms with Gasteiger partial charge in [0.2, 0.25) is 5.15 Å². The molecule has 14 aromatic rings. The van der Waals surface area contributed by atoms with Gasteiger partial charge < -0.3 is 13.7 Å². The molecule has 106 heavy (non-hydrogen) atoms. The van der Waals surface area contributed by atoms with Crippen LogP contribution in [0.15, 0.2) is 401 Å². The fourth-order valence-electron chi connectivity index (χ4n) is 10.8. The van der Waals surface area contributed by atoms with Gasteiger partial charge in [-0.05, 0) is 135 Å². The first-order valence-corrected chi connectivity index (χ1v) is 39.7. The molecule has 1 aliphatic heterocycles. The van der Waals surface area contributed by atoms with Crippen molar-refractivity contribution in [2.24, 2.45) is 0 Å². The summed E-state index contributed by atoms with van der Waals surface area (Å²) in [6, 6.07) is 135. The Morgan fingerprint density at radius 3 is 0.566 bits per heavy atom. The molecular formula is C86H78B3ClN4O7P4Pd. The number of hydrogen-bond donors (Lipinski definition) is 0. The van der Waals surface area contributed by atoms with Crippen LogP contribution in [0.25, 0.3) is 0 Å². The zero-order chi connectivity index (χ0) is 73.6. The number of nitro groups is 2. The third-order valence-corrected chi connectivity index (χ3v) is 25.5. The molecule has 20 heteroatoms. The average molecular weight is 1580 g/mol. The Hall–Kier alpha value is -9.51. The summed E-state index contributed by atoms with van der Waals surface area (Å²) in [5.74, 6) is 0. The Morgan fingerprint density at radius 2 is 0.434 bits per heavy atom. The smallest absolute Gasteiger partial charge is 0.426 e. The molecule has 1 fully saturated rings. The van der Waals surface area contributed by atoms with E-state index in [1.165, 1.54) is 94.2 Å². The van der Waals surface area contributed by atoms with E-state index >= 15 is 0 Å². The van der Waals surface area contributed by atoms with Crippen molar-refractivity contribution in [1.29, 1.82) is 0 Å². The van der Waals surface area contributed by atoms with E-state index in [9.17, 15) is 20.2 Å². The van der Waals surface area contributed by atoms with Gasteiger partial charge in [-0.3, -0.25) is 25.2 Å². The molecule has 0 saturated carbocycles. The van der Waals surface area contributed by atoms with Crippen LogP contribution in [0.5, 0.6) is 0 Å². The molecule has 0 radical (unpaired) electrons. The Labute approximate surface area is 648 Å². The molecule has 530 valence electrons. The summed E-state index contributed by atoms with van der Waals surface area (Å²) in [6.07, 6.45) is 2.93. The third-order valence-electron chi connectivity index (χ3n) is 15.4. The van der Waals surface area contributed by atoms with E-state index in [-0.39, 0.29) is 58.3 Å². The van der Waals surface area contributed by atoms with Crippen LogP contribution in [-0.2, 0) is 34.1 Å². The van der Waals surface area contributed by atoms with E-state index < -0.39 is 41.5 Å². The number of nitrogens with zero attached hydrogens (tertiary/aromatic N) is 4. The number of aryl methyl sites for hydroxylation is 1. The van der Waals surface area contributed by atoms with E-state index in [1.807, 2.05) is 20.5 Å². The van der Waals surface area contributed by atoms with E-state index in [2.05, 4.69) is 374 Å². The van der Waals surface area contributed by atoms with Gasteiger partial charge in [0.05, 0.1) is 9.85 Å². The predicted octanol–water partition coefficient (Wildman–Crippen LogP) is 17.1. The molecule has 0 amide bonds. The molecule has 1 saturated heterocycles. The molecule has 1 aliphatic rings. The minimum atomic E-state index is -0.574. The molecule has 2 aromatic heterocycles. The summed E-state index contributed by atoms with van der Waals surface area (Å²) in [5.41, 5.74) is 0.360. The van der Waals surface area contributed by atoms with Gasteiger partial charge in [-0.2, -0.15) is 0 Å². The van der Waals surface area contributed by atoms with Crippen molar-refractivity contribution in [1.82, 2.24) is 9.97 Å². The van der Waals surface area contributed by atoms with Gasteiger partial charge in [0.1, 0.15) is 5.69 Å². The second-order valence-corrected chi connectivity index (χ2v) is 32.2. The minimum absolute atomic E-state index is 0. The Kier molecular flexibility index (Phi) is 35.5. The van der Waals surface area contributed by atoms with Crippen LogP contribution >= 0.6 is 43.3 Å². The molecule has 0 aliphatic carbocycles. The van der Waals surface area contributed by atoms with Crippen molar-refractivity contribution in [2.45, 2.75) is 27.4 Å². The molecule has 0 unspecified atom stereocenters. The fourth-order valence-corrected chi connectivity index (χ4v) is 20.2. The van der Waals surface area contributed by atoms with Crippen molar-refractivity contribution in [3.63, 3.8) is 0 Å². The van der Waals surface area contributed by atoms with Crippen LogP contribution in [-0.4, -0.2) is 41.2 Å². The van der Waals surface area contributed by atoms with Crippen LogP contribution < -0.4 is 63.7 Å². The van der Waals surface area contributed by atoms with Gasteiger partial charge >= 0.3 is 27.0 Å². The Balaban J connectivity index is 0.000000159. The molecule has 11 nitrogen and oxygen atoms in total. The second kappa shape index (κ2) is 45.8. The summed E-state index contributed by atoms with van der Waals surface area (Å²) in [5, 5.41) is 37.0. The standard InChI is InChI=1S/4C18H15P.C6H6N2O2.C5H3ClN2O2.C3H9B3O3.Pd/c4*1-4-10-16(11-5-1)19(17-12-6-2-7-13-17)18-14-8-3-9-15-18;1-5-6(8(9)10)3-2-4-7-5;6-5-4(8(9)10)2-1-3-7-5;1-4-7-5(2)9-6(3)8-4;/h4*1-15H;2-4H,1H3;1-3H;1-3H3;. The van der Waals surface area contributed by atoms with Crippen LogP contribution in [0.1, 0.15) is 5.69 Å². The van der Waals surface area contributed by atoms with E-state index in [0.717, 1.165) is 0 Å². The van der Waals surface area contributed by atoms with Crippen molar-refractivity contribution < 1.29 is 44.0 Å². The van der Waals surface area contributed by atoms with Gasteiger partial charge in [-0.1, -0.05) is 376 Å². The largest absolute Gasteiger partial charge is 0.453 e. The van der Waals surface area contributed by atoms with Gasteiger partial charge in [-0.15, -0.1) is 0 Å². The first kappa shape index (κ1) is 82.1. The Morgan fingerprint density at radius 1 is 0.274 bits per heavy atom. The maximum atomic E-state index is 10.2. The molecule has 15 rings (SSSR count). The number of benzene rings is 12. The molecular weight excluding hydrogens is 1500 g/mol. The number of pyridine rings is 2. The predicted molar refractivity (Wildman–Crippen MR) is 450 cm³/mol. The third kappa shape index (κ3) is 26.5. The zero-order valence-electron chi connectivity index (χ0n) is 59.0. The molecule has 0 bridgehead atoms. The summed E-state index contributed by atoms with van der Waals surface area (Å²) < 4.78 is 15.3. The van der Waals surface area contributed by atoms with E-state index in [1.54, 1.807) is 13.0 Å². The van der Waals surface area contributed by atoms with Crippen LogP contribution in [0.2, 0.25) is 25.6 Å². The average Bonchev–Trinajstić information content (AvgIpc) is 0.835. The monoisotopic (exact) mass is 1580 g/mol. The maximum absolute atomic E-state index is 10.2. The van der Waals surface area contributed by atoms with Gasteiger partial charge in [-0.25, -0.2) is 4.98 Å². The van der Waals surface area contributed by atoms with Crippen molar-refractivity contribution in [2.75, 3.05) is 0 Å². The van der Waals surface area contributed by atoms with Crippen molar-refractivity contribution in [3.05, 3.63) is 432 Å². The minimum Gasteiger partial charge on any atom is -0.453 e. The van der Waals surface area contributed by atoms with Gasteiger partial charge in [0.15, 0.2) is 0 Å². The van der Waals surface area contributed by atoms with Crippen LogP contribution in [0, 0.1) is 27.2 Å². The number of hydrogen-bond acceptors (Lipinski definition) is 9. The first-order chi connectivity index (χ1) is 51.4. The van der Waals surface area contributed by atoms with Crippen molar-refractivity contribution in [3.8, 4) is 0 Å². The van der Waals surface area contributed by atoms with Gasteiger partial charge in [0, 0.05) is 44.9 Å². The number of aromatic nitrogens is 2. The number of rotatable bonds is 14. The fraction of sp³-hybridized carbons (Fsp3) is 0.0465. The number of halogens is 1. The molecule has 12 aromatic carbocycles. The van der Waals surface area contributed by atoms with E-state index in [4.69, 9.17) is 25.3 Å².